The summed E-state index contributed by atoms with van der Waals surface area (Å²) in [5.41, 5.74) is 1.11. The lowest BCUT2D eigenvalue weighted by Gasteiger charge is -2.32. The van der Waals surface area contributed by atoms with Gasteiger partial charge in [-0.25, -0.2) is 8.42 Å². The van der Waals surface area contributed by atoms with E-state index in [1.54, 1.807) is 25.1 Å². The SMILES string of the molecule is CC[C@H](C(=O)NC)N(Cc1ccccc1)C(=O)CN(c1ccc2c(c1)OCCO2)S(C)(=O)=O. The molecule has 0 fully saturated rings. The van der Waals surface area contributed by atoms with E-state index in [0.29, 0.717) is 31.1 Å². The number of likely N-dealkylation sites (N-methyl/N-ethyl adjacent to an activating group) is 1. The molecule has 0 unspecified atom stereocenters. The normalized spacial score (nSPS) is 13.7. The average molecular weight is 476 g/mol. The first-order valence-electron chi connectivity index (χ1n) is 10.7. The van der Waals surface area contributed by atoms with E-state index in [0.717, 1.165) is 16.1 Å². The average Bonchev–Trinajstić information content (AvgIpc) is 2.81. The van der Waals surface area contributed by atoms with Gasteiger partial charge in [-0.1, -0.05) is 37.3 Å². The number of nitrogens with one attached hydrogen (secondary N) is 1. The lowest BCUT2D eigenvalue weighted by Crippen LogP contribution is -2.51. The van der Waals surface area contributed by atoms with Crippen molar-refractivity contribution in [1.29, 1.82) is 0 Å². The van der Waals surface area contributed by atoms with Crippen LogP contribution in [0.5, 0.6) is 11.5 Å². The van der Waals surface area contributed by atoms with E-state index in [2.05, 4.69) is 5.32 Å². The van der Waals surface area contributed by atoms with E-state index < -0.39 is 28.5 Å². The Morgan fingerprint density at radius 3 is 2.33 bits per heavy atom. The van der Waals surface area contributed by atoms with Crippen molar-refractivity contribution in [3.8, 4) is 11.5 Å². The van der Waals surface area contributed by atoms with E-state index in [9.17, 15) is 18.0 Å². The molecule has 2 aromatic carbocycles. The number of fused-ring (bicyclic) bond motifs is 1. The fourth-order valence-electron chi connectivity index (χ4n) is 3.67. The molecule has 2 aromatic rings. The molecule has 9 nitrogen and oxygen atoms in total. The number of carbonyl (C=O) groups is 2. The first-order chi connectivity index (χ1) is 15.7. The second-order valence-electron chi connectivity index (χ2n) is 7.64. The first kappa shape index (κ1) is 24.4. The van der Waals surface area contributed by atoms with Crippen LogP contribution >= 0.6 is 0 Å². The minimum absolute atomic E-state index is 0.171. The van der Waals surface area contributed by atoms with E-state index in [1.165, 1.54) is 11.9 Å². The van der Waals surface area contributed by atoms with Gasteiger partial charge in [0.2, 0.25) is 21.8 Å². The van der Waals surface area contributed by atoms with Gasteiger partial charge in [-0.3, -0.25) is 13.9 Å². The molecule has 0 saturated carbocycles. The highest BCUT2D eigenvalue weighted by Crippen LogP contribution is 2.34. The number of hydrogen-bond acceptors (Lipinski definition) is 6. The summed E-state index contributed by atoms with van der Waals surface area (Å²) < 4.78 is 37.4. The zero-order valence-corrected chi connectivity index (χ0v) is 19.8. The summed E-state index contributed by atoms with van der Waals surface area (Å²) >= 11 is 0. The van der Waals surface area contributed by atoms with Gasteiger partial charge < -0.3 is 19.7 Å². The monoisotopic (exact) mass is 475 g/mol. The second-order valence-corrected chi connectivity index (χ2v) is 9.55. The molecule has 0 aromatic heterocycles. The first-order valence-corrected chi connectivity index (χ1v) is 12.5. The summed E-state index contributed by atoms with van der Waals surface area (Å²) in [6, 6.07) is 13.2. The van der Waals surface area contributed by atoms with Crippen LogP contribution in [0.3, 0.4) is 0 Å². The Bertz CT molecular complexity index is 1090. The van der Waals surface area contributed by atoms with Crippen LogP contribution in [0.2, 0.25) is 0 Å². The number of anilines is 1. The van der Waals surface area contributed by atoms with Gasteiger partial charge in [0.1, 0.15) is 25.8 Å². The van der Waals surface area contributed by atoms with Crippen LogP contribution in [0.25, 0.3) is 0 Å². The minimum atomic E-state index is -3.82. The maximum Gasteiger partial charge on any atom is 0.244 e. The molecule has 0 radical (unpaired) electrons. The van der Waals surface area contributed by atoms with Gasteiger partial charge in [-0.05, 0) is 24.1 Å². The summed E-state index contributed by atoms with van der Waals surface area (Å²) in [7, 11) is -2.31. The largest absolute Gasteiger partial charge is 0.486 e. The number of benzene rings is 2. The Morgan fingerprint density at radius 2 is 1.73 bits per heavy atom. The molecule has 3 rings (SSSR count). The summed E-state index contributed by atoms with van der Waals surface area (Å²) in [5, 5.41) is 2.59. The summed E-state index contributed by atoms with van der Waals surface area (Å²) in [6.07, 6.45) is 1.41. The predicted molar refractivity (Wildman–Crippen MR) is 125 cm³/mol. The van der Waals surface area contributed by atoms with Gasteiger partial charge >= 0.3 is 0 Å². The maximum absolute atomic E-state index is 13.5. The van der Waals surface area contributed by atoms with Gasteiger partial charge in [-0.15, -0.1) is 0 Å². The molecule has 0 spiro atoms. The van der Waals surface area contributed by atoms with Crippen LogP contribution in [-0.2, 0) is 26.2 Å². The van der Waals surface area contributed by atoms with Gasteiger partial charge in [0, 0.05) is 19.7 Å². The molecule has 33 heavy (non-hydrogen) atoms. The highest BCUT2D eigenvalue weighted by atomic mass is 32.2. The molecule has 1 aliphatic heterocycles. The molecule has 0 bridgehead atoms. The molecule has 1 aliphatic rings. The number of amides is 2. The van der Waals surface area contributed by atoms with Crippen LogP contribution in [0, 0.1) is 0 Å². The zero-order valence-electron chi connectivity index (χ0n) is 19.0. The van der Waals surface area contributed by atoms with Crippen molar-refractivity contribution < 1.29 is 27.5 Å². The third-order valence-corrected chi connectivity index (χ3v) is 6.46. The van der Waals surface area contributed by atoms with Crippen molar-refractivity contribution in [3.05, 3.63) is 54.1 Å². The molecule has 0 saturated heterocycles. The van der Waals surface area contributed by atoms with Crippen LogP contribution in [0.1, 0.15) is 18.9 Å². The quantitative estimate of drug-likeness (QED) is 0.593. The molecule has 0 aliphatic carbocycles. The van der Waals surface area contributed by atoms with Gasteiger partial charge in [0.05, 0.1) is 11.9 Å². The molecule has 2 amide bonds. The van der Waals surface area contributed by atoms with Crippen LogP contribution in [0.15, 0.2) is 48.5 Å². The van der Waals surface area contributed by atoms with Crippen molar-refractivity contribution in [2.24, 2.45) is 0 Å². The third kappa shape index (κ3) is 5.95. The number of nitrogens with zero attached hydrogens (tertiary/aromatic N) is 2. The third-order valence-electron chi connectivity index (χ3n) is 5.32. The van der Waals surface area contributed by atoms with Gasteiger partial charge in [0.15, 0.2) is 11.5 Å². The lowest BCUT2D eigenvalue weighted by molar-refractivity contribution is -0.140. The smallest absolute Gasteiger partial charge is 0.244 e. The Hall–Kier alpha value is -3.27. The topological polar surface area (TPSA) is 105 Å². The standard InChI is InChI=1S/C23H29N3O6S/c1-4-19(23(28)24-2)25(15-17-8-6-5-7-9-17)22(27)16-26(33(3,29)30)18-10-11-20-21(14-18)32-13-12-31-20/h5-11,14,19H,4,12-13,15-16H2,1-3H3,(H,24,28)/t19-/m1/s1. The number of carbonyl (C=O) groups excluding carboxylic acids is 2. The summed E-state index contributed by atoms with van der Waals surface area (Å²) in [5.74, 6) is 0.126. The van der Waals surface area contributed by atoms with E-state index in [1.807, 2.05) is 30.3 Å². The van der Waals surface area contributed by atoms with Crippen molar-refractivity contribution in [2.45, 2.75) is 25.9 Å². The van der Waals surface area contributed by atoms with E-state index in [-0.39, 0.29) is 18.1 Å². The maximum atomic E-state index is 13.5. The summed E-state index contributed by atoms with van der Waals surface area (Å²) in [4.78, 5) is 27.4. The van der Waals surface area contributed by atoms with Crippen molar-refractivity contribution >= 4 is 27.5 Å². The van der Waals surface area contributed by atoms with Crippen molar-refractivity contribution in [1.82, 2.24) is 10.2 Å². The molecule has 178 valence electrons. The van der Waals surface area contributed by atoms with Crippen molar-refractivity contribution in [3.63, 3.8) is 0 Å². The fourth-order valence-corrected chi connectivity index (χ4v) is 4.51. The zero-order chi connectivity index (χ0) is 24.0. The Morgan fingerprint density at radius 1 is 1.06 bits per heavy atom. The molecule has 1 N–H and O–H groups in total. The predicted octanol–water partition coefficient (Wildman–Crippen LogP) is 1.78. The van der Waals surface area contributed by atoms with Crippen LogP contribution in [-0.4, -0.2) is 64.2 Å². The number of hydrogen-bond donors (Lipinski definition) is 1. The molecule has 10 heteroatoms. The molecule has 1 heterocycles. The minimum Gasteiger partial charge on any atom is -0.486 e. The number of rotatable bonds is 9. The molecule has 1 atom stereocenters. The van der Waals surface area contributed by atoms with Crippen LogP contribution in [0.4, 0.5) is 5.69 Å². The fraction of sp³-hybridized carbons (Fsp3) is 0.391. The lowest BCUT2D eigenvalue weighted by atomic mass is 10.1. The number of ether oxygens (including phenoxy) is 2. The Balaban J connectivity index is 1.93. The van der Waals surface area contributed by atoms with Gasteiger partial charge in [-0.2, -0.15) is 0 Å². The summed E-state index contributed by atoms with van der Waals surface area (Å²) in [6.45, 7) is 2.28. The van der Waals surface area contributed by atoms with Gasteiger partial charge in [0.25, 0.3) is 0 Å². The highest BCUT2D eigenvalue weighted by Gasteiger charge is 2.31. The highest BCUT2D eigenvalue weighted by molar-refractivity contribution is 7.92. The van der Waals surface area contributed by atoms with E-state index >= 15 is 0 Å². The van der Waals surface area contributed by atoms with E-state index in [4.69, 9.17) is 9.47 Å². The van der Waals surface area contributed by atoms with Crippen LogP contribution < -0.4 is 19.1 Å². The number of sulfonamides is 1. The molecular weight excluding hydrogens is 446 g/mol. The second kappa shape index (κ2) is 10.6. The Kier molecular flexibility index (Phi) is 7.80. The Labute approximate surface area is 194 Å². The molecular formula is C23H29N3O6S. The van der Waals surface area contributed by atoms with Crippen molar-refractivity contribution in [2.75, 3.05) is 37.4 Å².